The van der Waals surface area contributed by atoms with Crippen molar-refractivity contribution >= 4 is 21.9 Å². The lowest BCUT2D eigenvalue weighted by Crippen LogP contribution is -2.11. The molecule has 1 heterocycles. The van der Waals surface area contributed by atoms with Gasteiger partial charge in [-0.1, -0.05) is 0 Å². The predicted molar refractivity (Wildman–Crippen MR) is 43.4 cm³/mol. The Morgan fingerprint density at radius 1 is 1.75 bits per heavy atom. The van der Waals surface area contributed by atoms with E-state index in [9.17, 15) is 10.1 Å². The molecule has 2 N–H and O–H groups in total. The molecule has 1 aromatic heterocycles. The van der Waals surface area contributed by atoms with Crippen molar-refractivity contribution in [2.45, 2.75) is 6.54 Å². The Morgan fingerprint density at radius 3 is 2.83 bits per heavy atom. The van der Waals surface area contributed by atoms with Crippen LogP contribution in [0.4, 0.5) is 5.95 Å². The van der Waals surface area contributed by atoms with Gasteiger partial charge in [0.05, 0.1) is 6.54 Å². The van der Waals surface area contributed by atoms with Crippen LogP contribution in [0.15, 0.2) is 4.73 Å². The smallest absolute Gasteiger partial charge is 0.390 e. The molecule has 0 radical (unpaired) electrons. The van der Waals surface area contributed by atoms with E-state index >= 15 is 0 Å². The van der Waals surface area contributed by atoms with Gasteiger partial charge in [-0.3, -0.25) is 0 Å². The molecule has 0 aliphatic carbocycles. The minimum absolute atomic E-state index is 0.319. The van der Waals surface area contributed by atoms with Crippen molar-refractivity contribution in [3.63, 3.8) is 0 Å². The number of aromatic nitrogens is 3. The Labute approximate surface area is 75.8 Å². The fourth-order valence-electron chi connectivity index (χ4n) is 0.654. The average Bonchev–Trinajstić information content (AvgIpc) is 2.34. The Hall–Kier alpha value is -1.02. The second-order valence-electron chi connectivity index (χ2n) is 1.95. The molecule has 0 fully saturated rings. The number of nitro groups is 1. The molecule has 12 heavy (non-hydrogen) atoms. The van der Waals surface area contributed by atoms with Crippen molar-refractivity contribution in [1.29, 1.82) is 0 Å². The van der Waals surface area contributed by atoms with Gasteiger partial charge in [-0.15, -0.1) is 0 Å². The van der Waals surface area contributed by atoms with E-state index in [4.69, 9.17) is 5.73 Å². The van der Waals surface area contributed by atoms with Crippen LogP contribution in [0.5, 0.6) is 0 Å². The lowest BCUT2D eigenvalue weighted by atomic mass is 10.7. The van der Waals surface area contributed by atoms with E-state index < -0.39 is 10.9 Å². The van der Waals surface area contributed by atoms with Crippen LogP contribution in [-0.2, 0) is 6.54 Å². The van der Waals surface area contributed by atoms with Crippen LogP contribution >= 0.6 is 15.9 Å². The molecule has 1 aromatic rings. The Morgan fingerprint density at radius 2 is 2.42 bits per heavy atom. The number of hydrogen-bond acceptors (Lipinski definition) is 5. The summed E-state index contributed by atoms with van der Waals surface area (Å²) < 4.78 is 1.65. The van der Waals surface area contributed by atoms with Gasteiger partial charge in [0.25, 0.3) is 4.73 Å². The van der Waals surface area contributed by atoms with Gasteiger partial charge in [-0.25, -0.2) is 0 Å². The van der Waals surface area contributed by atoms with Crippen molar-refractivity contribution in [3.05, 3.63) is 14.8 Å². The molecule has 0 amide bonds. The van der Waals surface area contributed by atoms with Gasteiger partial charge in [-0.05, 0) is 9.91 Å². The van der Waals surface area contributed by atoms with E-state index in [2.05, 4.69) is 26.0 Å². The summed E-state index contributed by atoms with van der Waals surface area (Å²) >= 11 is 3.02. The number of halogens is 1. The Balaban J connectivity index is 2.92. The van der Waals surface area contributed by atoms with Gasteiger partial charge in [0.2, 0.25) is 0 Å². The highest BCUT2D eigenvalue weighted by atomic mass is 79.9. The third kappa shape index (κ3) is 1.77. The van der Waals surface area contributed by atoms with Crippen LogP contribution in [0, 0.1) is 10.1 Å². The van der Waals surface area contributed by atoms with Gasteiger partial charge in [0, 0.05) is 27.6 Å². The molecular formula is C4H6BrN5O2. The standard InChI is InChI=1S/C4H6BrN5O2/c5-3-7-4(10(11)12)8-9(3)2-1-6/h1-2,6H2. The normalized spacial score (nSPS) is 10.2. The lowest BCUT2D eigenvalue weighted by molar-refractivity contribution is -0.394. The summed E-state index contributed by atoms with van der Waals surface area (Å²) in [6.45, 7) is 0.764. The van der Waals surface area contributed by atoms with Crippen LogP contribution in [-0.4, -0.2) is 26.2 Å². The second-order valence-corrected chi connectivity index (χ2v) is 2.66. The highest BCUT2D eigenvalue weighted by Crippen LogP contribution is 2.10. The number of nitrogens with two attached hydrogens (primary N) is 1. The van der Waals surface area contributed by atoms with Crippen LogP contribution < -0.4 is 5.73 Å². The van der Waals surface area contributed by atoms with Gasteiger partial charge < -0.3 is 15.8 Å². The predicted octanol–water partition coefficient (Wildman–Crippen LogP) is -0.0925. The van der Waals surface area contributed by atoms with Gasteiger partial charge >= 0.3 is 5.95 Å². The van der Waals surface area contributed by atoms with Crippen molar-refractivity contribution in [2.24, 2.45) is 5.73 Å². The van der Waals surface area contributed by atoms with Gasteiger partial charge in [-0.2, -0.15) is 4.68 Å². The average molecular weight is 236 g/mol. The van der Waals surface area contributed by atoms with E-state index in [1.165, 1.54) is 4.68 Å². The molecule has 0 atom stereocenters. The zero-order valence-electron chi connectivity index (χ0n) is 5.97. The monoisotopic (exact) mass is 235 g/mol. The summed E-state index contributed by atoms with van der Waals surface area (Å²) in [6, 6.07) is 0. The summed E-state index contributed by atoms with van der Waals surface area (Å²) in [4.78, 5) is 13.1. The summed E-state index contributed by atoms with van der Waals surface area (Å²) in [5, 5.41) is 13.8. The topological polar surface area (TPSA) is 99.9 Å². The van der Waals surface area contributed by atoms with E-state index in [0.717, 1.165) is 0 Å². The highest BCUT2D eigenvalue weighted by molar-refractivity contribution is 9.10. The molecule has 8 heteroatoms. The molecule has 0 bridgehead atoms. The molecule has 0 spiro atoms. The van der Waals surface area contributed by atoms with Crippen molar-refractivity contribution in [3.8, 4) is 0 Å². The van der Waals surface area contributed by atoms with E-state index in [-0.39, 0.29) is 0 Å². The first-order valence-electron chi connectivity index (χ1n) is 3.10. The molecule has 0 saturated heterocycles. The molecule has 1 rings (SSSR count). The largest absolute Gasteiger partial charge is 0.492 e. The Bertz CT molecular complexity index is 298. The molecular weight excluding hydrogens is 230 g/mol. The van der Waals surface area contributed by atoms with E-state index in [1.807, 2.05) is 0 Å². The van der Waals surface area contributed by atoms with Gasteiger partial charge in [0.1, 0.15) is 0 Å². The summed E-state index contributed by atoms with van der Waals surface area (Å²) in [5.41, 5.74) is 5.24. The molecule has 0 aromatic carbocycles. The quantitative estimate of drug-likeness (QED) is 0.583. The highest BCUT2D eigenvalue weighted by Gasteiger charge is 2.18. The minimum Gasteiger partial charge on any atom is -0.390 e. The Kier molecular flexibility index (Phi) is 2.71. The minimum atomic E-state index is -0.655. The van der Waals surface area contributed by atoms with E-state index in [0.29, 0.717) is 17.8 Å². The SMILES string of the molecule is NCCn1nc([N+](=O)[O-])nc1Br. The lowest BCUT2D eigenvalue weighted by Gasteiger charge is -1.90. The molecule has 7 nitrogen and oxygen atoms in total. The van der Waals surface area contributed by atoms with Crippen LogP contribution in [0.1, 0.15) is 0 Å². The van der Waals surface area contributed by atoms with Crippen molar-refractivity contribution in [1.82, 2.24) is 14.8 Å². The second kappa shape index (κ2) is 3.59. The van der Waals surface area contributed by atoms with Gasteiger partial charge in [0.15, 0.2) is 0 Å². The first-order chi connectivity index (χ1) is 5.65. The molecule has 0 saturated carbocycles. The van der Waals surface area contributed by atoms with Crippen LogP contribution in [0.25, 0.3) is 0 Å². The van der Waals surface area contributed by atoms with E-state index in [1.54, 1.807) is 0 Å². The zero-order chi connectivity index (χ0) is 9.14. The molecule has 0 aliphatic rings. The maximum absolute atomic E-state index is 10.2. The summed E-state index contributed by atoms with van der Waals surface area (Å²) in [6.07, 6.45) is 0. The first kappa shape index (κ1) is 9.07. The number of rotatable bonds is 3. The third-order valence-corrected chi connectivity index (χ3v) is 1.71. The number of nitrogens with zero attached hydrogens (tertiary/aromatic N) is 4. The van der Waals surface area contributed by atoms with Crippen LogP contribution in [0.2, 0.25) is 0 Å². The maximum Gasteiger partial charge on any atom is 0.492 e. The summed E-state index contributed by atoms with van der Waals surface area (Å²) in [5.74, 6) is -0.421. The zero-order valence-corrected chi connectivity index (χ0v) is 7.56. The van der Waals surface area contributed by atoms with Crippen molar-refractivity contribution < 1.29 is 4.92 Å². The fourth-order valence-corrected chi connectivity index (χ4v) is 1.07. The summed E-state index contributed by atoms with van der Waals surface area (Å²) in [7, 11) is 0. The van der Waals surface area contributed by atoms with Crippen molar-refractivity contribution in [2.75, 3.05) is 6.54 Å². The van der Waals surface area contributed by atoms with Crippen LogP contribution in [0.3, 0.4) is 0 Å². The number of hydrogen-bond donors (Lipinski definition) is 1. The molecule has 0 aliphatic heterocycles. The molecule has 0 unspecified atom stereocenters. The fraction of sp³-hybridized carbons (Fsp3) is 0.500. The third-order valence-electron chi connectivity index (χ3n) is 1.12. The molecule has 66 valence electrons. The first-order valence-corrected chi connectivity index (χ1v) is 3.89. The maximum atomic E-state index is 10.2.